The van der Waals surface area contributed by atoms with Gasteiger partial charge in [0, 0.05) is 0 Å². The van der Waals surface area contributed by atoms with Gasteiger partial charge in [0.1, 0.15) is 0 Å². The second-order valence-electron chi connectivity index (χ2n) is 20.2. The van der Waals surface area contributed by atoms with E-state index in [4.69, 9.17) is 25.3 Å². The van der Waals surface area contributed by atoms with E-state index in [2.05, 4.69) is 6.92 Å². The molecule has 0 N–H and O–H groups in total. The molecule has 2 bridgehead atoms. The monoisotopic (exact) mass is 665 g/mol. The van der Waals surface area contributed by atoms with E-state index in [9.17, 15) is 0 Å². The van der Waals surface area contributed by atoms with Crippen LogP contribution in [-0.2, 0) is 0 Å². The molecule has 0 aromatic heterocycles. The lowest BCUT2D eigenvalue weighted by atomic mass is 9.49. The Kier molecular flexibility index (Phi) is 9.46. The van der Waals surface area contributed by atoms with Crippen molar-refractivity contribution in [3.63, 3.8) is 0 Å². The molecule has 15 unspecified atom stereocenters. The molecule has 9 rings (SSSR count). The number of hydrogen-bond acceptors (Lipinski definition) is 2. The summed E-state index contributed by atoms with van der Waals surface area (Å²) in [6.07, 6.45) is 38.9. The molecule has 0 radical (unpaired) electrons. The van der Waals surface area contributed by atoms with E-state index in [1.54, 1.807) is 122 Å². The van der Waals surface area contributed by atoms with Crippen LogP contribution in [0.25, 0.3) is 0 Å². The van der Waals surface area contributed by atoms with Crippen LogP contribution in [0.5, 0.6) is 0 Å². The summed E-state index contributed by atoms with van der Waals surface area (Å²) < 4.78 is 0.0122. The SMILES string of the molecule is CC1C2CCC(C3CCC4C5CCCCC5C(S)(S)C4C3)CC3CCC(C4CCC(C5CCCC6CCCCC65)CC4)C(CC2)C31. The molecule has 0 aromatic carbocycles. The van der Waals surface area contributed by atoms with Crippen molar-refractivity contribution in [3.8, 4) is 0 Å². The van der Waals surface area contributed by atoms with E-state index < -0.39 is 0 Å². The van der Waals surface area contributed by atoms with Gasteiger partial charge >= 0.3 is 0 Å². The summed E-state index contributed by atoms with van der Waals surface area (Å²) in [5.74, 6) is 17.3. The quantitative estimate of drug-likeness (QED) is 0.218. The zero-order chi connectivity index (χ0) is 31.0. The second-order valence-corrected chi connectivity index (χ2v) is 22.0. The normalized spacial score (nSPS) is 55.2. The van der Waals surface area contributed by atoms with Crippen molar-refractivity contribution in [2.24, 2.45) is 101 Å². The smallest absolute Gasteiger partial charge is 0.0613 e. The third kappa shape index (κ3) is 5.67. The van der Waals surface area contributed by atoms with Crippen molar-refractivity contribution in [1.82, 2.24) is 0 Å². The first-order valence-corrected chi connectivity index (χ1v) is 22.8. The lowest BCUT2D eigenvalue weighted by Crippen LogP contribution is -2.48. The van der Waals surface area contributed by atoms with Gasteiger partial charge in [-0.25, -0.2) is 0 Å². The Morgan fingerprint density at radius 1 is 0.348 bits per heavy atom. The van der Waals surface area contributed by atoms with Crippen molar-refractivity contribution in [2.75, 3.05) is 0 Å². The average Bonchev–Trinajstić information content (AvgIpc) is 3.32. The highest BCUT2D eigenvalue weighted by Gasteiger charge is 2.59. The van der Waals surface area contributed by atoms with Gasteiger partial charge in [-0.05, 0) is 216 Å². The summed E-state index contributed by atoms with van der Waals surface area (Å²) in [5.41, 5.74) is 0. The van der Waals surface area contributed by atoms with Gasteiger partial charge in [-0.15, -0.1) is 0 Å². The van der Waals surface area contributed by atoms with E-state index in [0.717, 1.165) is 101 Å². The number of rotatable bonds is 3. The first-order chi connectivity index (χ1) is 22.5. The zero-order valence-corrected chi connectivity index (χ0v) is 31.7. The van der Waals surface area contributed by atoms with Gasteiger partial charge in [-0.1, -0.05) is 51.9 Å². The topological polar surface area (TPSA) is 0 Å². The third-order valence-electron chi connectivity index (χ3n) is 18.9. The molecule has 0 aliphatic heterocycles. The highest BCUT2D eigenvalue weighted by atomic mass is 32.2. The van der Waals surface area contributed by atoms with Gasteiger partial charge in [-0.3, -0.25) is 0 Å². The van der Waals surface area contributed by atoms with Crippen LogP contribution >= 0.6 is 25.3 Å². The maximum absolute atomic E-state index is 5.44. The van der Waals surface area contributed by atoms with Crippen molar-refractivity contribution in [1.29, 1.82) is 0 Å². The summed E-state index contributed by atoms with van der Waals surface area (Å²) in [4.78, 5) is 0. The van der Waals surface area contributed by atoms with E-state index in [-0.39, 0.29) is 4.08 Å². The molecule has 0 amide bonds. The first-order valence-electron chi connectivity index (χ1n) is 21.9. The van der Waals surface area contributed by atoms with Gasteiger partial charge in [-0.2, -0.15) is 25.3 Å². The van der Waals surface area contributed by atoms with E-state index in [1.807, 2.05) is 0 Å². The summed E-state index contributed by atoms with van der Waals surface area (Å²) >= 11 is 10.9. The van der Waals surface area contributed by atoms with E-state index in [0.29, 0.717) is 0 Å². The molecular weight excluding hydrogens is 593 g/mol. The molecule has 0 nitrogen and oxygen atoms in total. The van der Waals surface area contributed by atoms with Crippen molar-refractivity contribution < 1.29 is 0 Å². The Morgan fingerprint density at radius 2 is 0.804 bits per heavy atom. The molecule has 15 atom stereocenters. The molecule has 2 heteroatoms. The van der Waals surface area contributed by atoms with E-state index in [1.165, 1.54) is 38.5 Å². The molecular formula is C44H72S2. The van der Waals surface area contributed by atoms with Gasteiger partial charge in [0.25, 0.3) is 0 Å². The third-order valence-corrected chi connectivity index (χ3v) is 20.3. The zero-order valence-electron chi connectivity index (χ0n) is 29.9. The molecule has 9 saturated carbocycles. The first kappa shape index (κ1) is 32.6. The summed E-state index contributed by atoms with van der Waals surface area (Å²) in [7, 11) is 0. The highest BCUT2D eigenvalue weighted by Crippen LogP contribution is 2.66. The molecule has 9 aliphatic rings. The van der Waals surface area contributed by atoms with Crippen LogP contribution in [-0.4, -0.2) is 4.08 Å². The molecule has 0 aromatic rings. The fraction of sp³-hybridized carbons (Fsp3) is 1.00. The van der Waals surface area contributed by atoms with Gasteiger partial charge in [0.15, 0.2) is 0 Å². The minimum absolute atomic E-state index is 0.0122. The fourth-order valence-corrected chi connectivity index (χ4v) is 18.2. The van der Waals surface area contributed by atoms with Gasteiger partial charge < -0.3 is 0 Å². The van der Waals surface area contributed by atoms with Crippen molar-refractivity contribution >= 4 is 25.3 Å². The Morgan fingerprint density at radius 3 is 1.61 bits per heavy atom. The maximum atomic E-state index is 5.44. The summed E-state index contributed by atoms with van der Waals surface area (Å²) in [6, 6.07) is 0. The van der Waals surface area contributed by atoms with Crippen LogP contribution in [0.2, 0.25) is 0 Å². The van der Waals surface area contributed by atoms with E-state index >= 15 is 0 Å². The number of thiol groups is 2. The Bertz CT molecular complexity index is 1040. The lowest BCUT2D eigenvalue weighted by molar-refractivity contribution is -0.0701. The van der Waals surface area contributed by atoms with Gasteiger partial charge in [0.05, 0.1) is 4.08 Å². The molecule has 260 valence electrons. The molecule has 9 fully saturated rings. The maximum Gasteiger partial charge on any atom is 0.0613 e. The predicted molar refractivity (Wildman–Crippen MR) is 201 cm³/mol. The molecule has 9 aliphatic carbocycles. The Hall–Kier alpha value is 0.700. The van der Waals surface area contributed by atoms with Crippen LogP contribution in [0.3, 0.4) is 0 Å². The van der Waals surface area contributed by atoms with Crippen LogP contribution in [0, 0.1) is 101 Å². The Balaban J connectivity index is 0.861. The summed E-state index contributed by atoms with van der Waals surface area (Å²) in [5, 5.41) is 0. The van der Waals surface area contributed by atoms with Crippen LogP contribution < -0.4 is 0 Å². The molecule has 46 heavy (non-hydrogen) atoms. The van der Waals surface area contributed by atoms with Crippen molar-refractivity contribution in [2.45, 2.75) is 172 Å². The highest BCUT2D eigenvalue weighted by molar-refractivity contribution is 8.00. The molecule has 0 spiro atoms. The number of fused-ring (bicyclic) bond motifs is 5. The second kappa shape index (κ2) is 13.4. The van der Waals surface area contributed by atoms with Crippen LogP contribution in [0.15, 0.2) is 0 Å². The molecule has 0 heterocycles. The largest absolute Gasteiger partial charge is 0.161 e. The summed E-state index contributed by atoms with van der Waals surface area (Å²) in [6.45, 7) is 2.76. The molecule has 0 saturated heterocycles. The number of hydrogen-bond donors (Lipinski definition) is 2. The lowest BCUT2D eigenvalue weighted by Gasteiger charge is -2.56. The fourth-order valence-electron chi connectivity index (χ4n) is 17.0. The van der Waals surface area contributed by atoms with Crippen molar-refractivity contribution in [3.05, 3.63) is 0 Å². The van der Waals surface area contributed by atoms with Crippen LogP contribution in [0.1, 0.15) is 167 Å². The van der Waals surface area contributed by atoms with Gasteiger partial charge in [0.2, 0.25) is 0 Å². The minimum Gasteiger partial charge on any atom is -0.161 e. The minimum atomic E-state index is 0.0122. The Labute approximate surface area is 296 Å². The predicted octanol–water partition coefficient (Wildman–Crippen LogP) is 12.9. The average molecular weight is 665 g/mol. The standard InChI is InChI=1S/C44H72S2/c1-27-28-13-18-32(33-20-23-39-38-10-4-5-12-41(38)44(45,46)42(39)26-33)25-34-21-22-37(40(24-19-28)43(27)34)31-16-14-30(15-17-31)36-11-6-8-29-7-2-3-9-35(29)36/h27-43,45-46H,2-26H2,1H3. The van der Waals surface area contributed by atoms with Crippen LogP contribution in [0.4, 0.5) is 0 Å².